The molecule has 2 heterocycles. The molecule has 2 aromatic rings. The zero-order chi connectivity index (χ0) is 15.0. The van der Waals surface area contributed by atoms with E-state index in [-0.39, 0.29) is 12.5 Å². The number of nitrogens with zero attached hydrogens (tertiary/aromatic N) is 2. The molecule has 0 aliphatic carbocycles. The molecule has 108 valence electrons. The monoisotopic (exact) mass is 322 g/mol. The second kappa shape index (κ2) is 5.54. The van der Waals surface area contributed by atoms with Gasteiger partial charge in [0.1, 0.15) is 10.9 Å². The fourth-order valence-corrected chi connectivity index (χ4v) is 2.57. The van der Waals surface area contributed by atoms with Gasteiger partial charge in [-0.2, -0.15) is 0 Å². The zero-order valence-electron chi connectivity index (χ0n) is 11.2. The number of pyridine rings is 1. The first-order valence-corrected chi connectivity index (χ1v) is 7.20. The third-order valence-corrected chi connectivity index (χ3v) is 3.82. The van der Waals surface area contributed by atoms with Crippen LogP contribution in [0.25, 0.3) is 0 Å². The second-order valence-electron chi connectivity index (χ2n) is 4.71. The summed E-state index contributed by atoms with van der Waals surface area (Å²) in [6.07, 6.45) is -0.544. The van der Waals surface area contributed by atoms with E-state index >= 15 is 0 Å². The molecule has 0 saturated heterocycles. The fraction of sp³-hybridized carbons (Fsp3) is 0.200. The summed E-state index contributed by atoms with van der Waals surface area (Å²) < 4.78 is 5.60. The van der Waals surface area contributed by atoms with Gasteiger partial charge < -0.3 is 4.74 Å². The zero-order valence-corrected chi connectivity index (χ0v) is 12.7. The molecule has 1 aliphatic rings. The predicted molar refractivity (Wildman–Crippen MR) is 82.0 cm³/mol. The minimum Gasteiger partial charge on any atom is -0.479 e. The topological polar surface area (TPSA) is 42.4 Å². The maximum Gasteiger partial charge on any atom is 0.268 e. The van der Waals surface area contributed by atoms with Crippen molar-refractivity contribution in [1.82, 2.24) is 4.98 Å². The molecule has 6 heteroatoms. The van der Waals surface area contributed by atoms with Crippen molar-refractivity contribution in [3.63, 3.8) is 0 Å². The number of rotatable bonds is 2. The van der Waals surface area contributed by atoms with Crippen LogP contribution in [0.1, 0.15) is 12.6 Å². The van der Waals surface area contributed by atoms with Crippen LogP contribution in [0.2, 0.25) is 10.2 Å². The molecule has 1 aromatic heterocycles. The maximum atomic E-state index is 12.4. The molecule has 0 spiro atoms. The molecule has 0 fully saturated rings. The van der Waals surface area contributed by atoms with E-state index in [4.69, 9.17) is 27.9 Å². The SMILES string of the molecule is CC1Oc2ccccc2N(Cc2nc(Cl)ccc2Cl)C1=O. The first-order chi connectivity index (χ1) is 10.1. The number of hydrogen-bond donors (Lipinski definition) is 0. The van der Waals surface area contributed by atoms with Gasteiger partial charge in [-0.05, 0) is 31.2 Å². The Bertz CT molecular complexity index is 706. The quantitative estimate of drug-likeness (QED) is 0.792. The summed E-state index contributed by atoms with van der Waals surface area (Å²) >= 11 is 12.0. The number of ether oxygens (including phenoxy) is 1. The molecule has 4 nitrogen and oxygen atoms in total. The van der Waals surface area contributed by atoms with Gasteiger partial charge in [-0.1, -0.05) is 35.3 Å². The van der Waals surface area contributed by atoms with Gasteiger partial charge >= 0.3 is 0 Å². The lowest BCUT2D eigenvalue weighted by atomic mass is 10.1. The lowest BCUT2D eigenvalue weighted by Crippen LogP contribution is -2.44. The molecular weight excluding hydrogens is 311 g/mol. The summed E-state index contributed by atoms with van der Waals surface area (Å²) in [4.78, 5) is 18.2. The minimum atomic E-state index is -0.544. The van der Waals surface area contributed by atoms with E-state index in [0.717, 1.165) is 0 Å². The summed E-state index contributed by atoms with van der Waals surface area (Å²) in [5, 5.41) is 0.820. The number of para-hydroxylation sites is 2. The number of carbonyl (C=O) groups is 1. The lowest BCUT2D eigenvalue weighted by molar-refractivity contribution is -0.125. The van der Waals surface area contributed by atoms with Crippen molar-refractivity contribution < 1.29 is 9.53 Å². The van der Waals surface area contributed by atoms with Crippen molar-refractivity contribution in [3.05, 3.63) is 52.3 Å². The summed E-state index contributed by atoms with van der Waals surface area (Å²) in [5.74, 6) is 0.536. The minimum absolute atomic E-state index is 0.133. The molecule has 1 amide bonds. The summed E-state index contributed by atoms with van der Waals surface area (Å²) in [6, 6.07) is 10.7. The van der Waals surface area contributed by atoms with Crippen molar-refractivity contribution in [2.24, 2.45) is 0 Å². The van der Waals surface area contributed by atoms with Crippen LogP contribution in [-0.2, 0) is 11.3 Å². The molecule has 0 radical (unpaired) electrons. The number of hydrogen-bond acceptors (Lipinski definition) is 3. The molecule has 0 bridgehead atoms. The van der Waals surface area contributed by atoms with Gasteiger partial charge in [-0.15, -0.1) is 0 Å². The number of amides is 1. The van der Waals surface area contributed by atoms with Crippen LogP contribution in [0.15, 0.2) is 36.4 Å². The molecule has 1 aliphatic heterocycles. The predicted octanol–water partition coefficient (Wildman–Crippen LogP) is 3.70. The van der Waals surface area contributed by atoms with Gasteiger partial charge in [0.25, 0.3) is 5.91 Å². The Balaban J connectivity index is 2.01. The van der Waals surface area contributed by atoms with Crippen molar-refractivity contribution in [1.29, 1.82) is 0 Å². The van der Waals surface area contributed by atoms with Crippen LogP contribution in [0, 0.1) is 0 Å². The van der Waals surface area contributed by atoms with Gasteiger partial charge in [-0.3, -0.25) is 9.69 Å². The lowest BCUT2D eigenvalue weighted by Gasteiger charge is -2.32. The molecule has 0 saturated carbocycles. The third kappa shape index (κ3) is 2.69. The van der Waals surface area contributed by atoms with E-state index in [9.17, 15) is 4.79 Å². The van der Waals surface area contributed by atoms with Crippen LogP contribution < -0.4 is 9.64 Å². The maximum absolute atomic E-state index is 12.4. The smallest absolute Gasteiger partial charge is 0.268 e. The van der Waals surface area contributed by atoms with Crippen molar-refractivity contribution in [2.75, 3.05) is 4.90 Å². The molecule has 21 heavy (non-hydrogen) atoms. The Kier molecular flexibility index (Phi) is 3.74. The van der Waals surface area contributed by atoms with E-state index in [0.29, 0.717) is 27.3 Å². The van der Waals surface area contributed by atoms with Crippen LogP contribution in [0.5, 0.6) is 5.75 Å². The highest BCUT2D eigenvalue weighted by molar-refractivity contribution is 6.32. The highest BCUT2D eigenvalue weighted by Crippen LogP contribution is 2.35. The Morgan fingerprint density at radius 2 is 2.00 bits per heavy atom. The highest BCUT2D eigenvalue weighted by atomic mass is 35.5. The van der Waals surface area contributed by atoms with Gasteiger partial charge in [0.05, 0.1) is 22.9 Å². The average molecular weight is 323 g/mol. The standard InChI is InChI=1S/C15H12Cl2N2O2/c1-9-15(20)19(12-4-2-3-5-13(12)21-9)8-11-10(16)6-7-14(17)18-11/h2-7,9H,8H2,1H3. The van der Waals surface area contributed by atoms with Gasteiger partial charge in [0.15, 0.2) is 6.10 Å². The molecule has 1 aromatic carbocycles. The number of carbonyl (C=O) groups excluding carboxylic acids is 1. The average Bonchev–Trinajstić information content (AvgIpc) is 2.47. The van der Waals surface area contributed by atoms with Gasteiger partial charge in [0.2, 0.25) is 0 Å². The number of fused-ring (bicyclic) bond motifs is 1. The first kappa shape index (κ1) is 14.2. The third-order valence-electron chi connectivity index (χ3n) is 3.27. The number of aromatic nitrogens is 1. The van der Waals surface area contributed by atoms with E-state index in [1.54, 1.807) is 24.0 Å². The van der Waals surface area contributed by atoms with Gasteiger partial charge in [-0.25, -0.2) is 4.98 Å². The molecule has 1 atom stereocenters. The van der Waals surface area contributed by atoms with Crippen molar-refractivity contribution in [2.45, 2.75) is 19.6 Å². The van der Waals surface area contributed by atoms with E-state index in [2.05, 4.69) is 4.98 Å². The first-order valence-electron chi connectivity index (χ1n) is 6.44. The summed E-state index contributed by atoms with van der Waals surface area (Å²) in [6.45, 7) is 1.97. The van der Waals surface area contributed by atoms with Crippen molar-refractivity contribution >= 4 is 34.8 Å². The second-order valence-corrected chi connectivity index (χ2v) is 5.51. The summed E-state index contributed by atoms with van der Waals surface area (Å²) in [5.41, 5.74) is 1.26. The highest BCUT2D eigenvalue weighted by Gasteiger charge is 2.31. The molecule has 1 unspecified atom stereocenters. The van der Waals surface area contributed by atoms with E-state index in [1.165, 1.54) is 0 Å². The largest absolute Gasteiger partial charge is 0.479 e. The van der Waals surface area contributed by atoms with Crippen LogP contribution in [0.4, 0.5) is 5.69 Å². The molecule has 0 N–H and O–H groups in total. The molecule has 3 rings (SSSR count). The summed E-state index contributed by atoms with van der Waals surface area (Å²) in [7, 11) is 0. The van der Waals surface area contributed by atoms with Gasteiger partial charge in [0, 0.05) is 0 Å². The number of anilines is 1. The normalized spacial score (nSPS) is 17.4. The number of halogens is 2. The Hall–Kier alpha value is -1.78. The Morgan fingerprint density at radius 3 is 2.81 bits per heavy atom. The van der Waals surface area contributed by atoms with Crippen LogP contribution >= 0.6 is 23.2 Å². The van der Waals surface area contributed by atoms with E-state index < -0.39 is 6.10 Å². The van der Waals surface area contributed by atoms with Crippen LogP contribution in [0.3, 0.4) is 0 Å². The molecular formula is C15H12Cl2N2O2. The fourth-order valence-electron chi connectivity index (χ4n) is 2.24. The number of benzene rings is 1. The van der Waals surface area contributed by atoms with Crippen LogP contribution in [-0.4, -0.2) is 17.0 Å². The van der Waals surface area contributed by atoms with Crippen molar-refractivity contribution in [3.8, 4) is 5.75 Å². The Labute approximate surface area is 132 Å². The van der Waals surface area contributed by atoms with E-state index in [1.807, 2.05) is 24.3 Å². The Morgan fingerprint density at radius 1 is 1.24 bits per heavy atom.